The highest BCUT2D eigenvalue weighted by atomic mass is 19.4. The molecule has 0 amide bonds. The van der Waals surface area contributed by atoms with Crippen molar-refractivity contribution < 1.29 is 13.2 Å². The minimum atomic E-state index is -4.69. The van der Waals surface area contributed by atoms with Crippen LogP contribution >= 0.6 is 0 Å². The predicted molar refractivity (Wildman–Crippen MR) is 132 cm³/mol. The van der Waals surface area contributed by atoms with Crippen LogP contribution in [0.4, 0.5) is 24.5 Å². The van der Waals surface area contributed by atoms with E-state index in [2.05, 4.69) is 20.1 Å². The molecule has 5 rings (SSSR count). The molecule has 0 aliphatic rings. The fourth-order valence-corrected chi connectivity index (χ4v) is 4.31. The third-order valence-electron chi connectivity index (χ3n) is 5.93. The van der Waals surface area contributed by atoms with Crippen LogP contribution in [0.25, 0.3) is 32.3 Å². The van der Waals surface area contributed by atoms with E-state index in [4.69, 9.17) is 6.57 Å². The Morgan fingerprint density at radius 1 is 1.03 bits per heavy atom. The van der Waals surface area contributed by atoms with Gasteiger partial charge in [-0.1, -0.05) is 30.3 Å². The Hall–Kier alpha value is -4.71. The molecule has 1 N–H and O–H groups in total. The molecule has 0 fully saturated rings. The quantitative estimate of drug-likeness (QED) is 0.289. The third-order valence-corrected chi connectivity index (χ3v) is 5.93. The van der Waals surface area contributed by atoms with Gasteiger partial charge in [0.15, 0.2) is 0 Å². The molecule has 2 aromatic carbocycles. The first-order valence-corrected chi connectivity index (χ1v) is 11.0. The maximum absolute atomic E-state index is 13.8. The minimum absolute atomic E-state index is 0.175. The largest absolute Gasteiger partial charge is 0.417 e. The summed E-state index contributed by atoms with van der Waals surface area (Å²) in [5.41, 5.74) is 0.809. The zero-order chi connectivity index (χ0) is 25.4. The van der Waals surface area contributed by atoms with Gasteiger partial charge in [0.05, 0.1) is 34.8 Å². The van der Waals surface area contributed by atoms with Crippen molar-refractivity contribution >= 4 is 33.2 Å². The van der Waals surface area contributed by atoms with Gasteiger partial charge in [0.1, 0.15) is 5.52 Å². The number of anilines is 1. The fourth-order valence-electron chi connectivity index (χ4n) is 4.31. The number of aromatic nitrogens is 3. The van der Waals surface area contributed by atoms with E-state index in [1.807, 2.05) is 0 Å². The van der Waals surface area contributed by atoms with Crippen LogP contribution in [0, 0.1) is 6.57 Å². The van der Waals surface area contributed by atoms with Gasteiger partial charge in [-0.15, -0.1) is 0 Å². The zero-order valence-electron chi connectivity index (χ0n) is 18.9. The minimum Gasteiger partial charge on any atom is -0.384 e. The molecule has 5 aromatic rings. The van der Waals surface area contributed by atoms with Gasteiger partial charge in [-0.2, -0.15) is 13.2 Å². The van der Waals surface area contributed by atoms with Crippen molar-refractivity contribution in [2.75, 3.05) is 5.32 Å². The summed E-state index contributed by atoms with van der Waals surface area (Å²) < 4.78 is 42.7. The first-order chi connectivity index (χ1) is 17.3. The van der Waals surface area contributed by atoms with E-state index in [-0.39, 0.29) is 11.1 Å². The molecule has 3 aromatic heterocycles. The van der Waals surface area contributed by atoms with Gasteiger partial charge >= 0.3 is 6.18 Å². The molecule has 3 heterocycles. The van der Waals surface area contributed by atoms with Crippen LogP contribution < -0.4 is 10.9 Å². The summed E-state index contributed by atoms with van der Waals surface area (Å²) in [4.78, 5) is 25.8. The lowest BCUT2D eigenvalue weighted by atomic mass is 10.0. The first kappa shape index (κ1) is 23.1. The summed E-state index contributed by atoms with van der Waals surface area (Å²) in [6.45, 7) is 9.34. The maximum atomic E-state index is 13.8. The van der Waals surface area contributed by atoms with Gasteiger partial charge < -0.3 is 5.32 Å². The second-order valence-corrected chi connectivity index (χ2v) is 8.18. The third kappa shape index (κ3) is 3.92. The molecular formula is C27H18F3N5O. The van der Waals surface area contributed by atoms with Crippen LogP contribution in [-0.4, -0.2) is 14.5 Å². The number of rotatable bonds is 4. The zero-order valence-corrected chi connectivity index (χ0v) is 18.9. The molecule has 0 saturated heterocycles. The Morgan fingerprint density at radius 3 is 2.53 bits per heavy atom. The number of alkyl halides is 3. The normalized spacial score (nSPS) is 12.4. The van der Waals surface area contributed by atoms with E-state index in [0.29, 0.717) is 28.1 Å². The van der Waals surface area contributed by atoms with Gasteiger partial charge in [-0.3, -0.25) is 19.3 Å². The molecular weight excluding hydrogens is 467 g/mol. The molecule has 9 heteroatoms. The summed E-state index contributed by atoms with van der Waals surface area (Å²) >= 11 is 0. The Kier molecular flexibility index (Phi) is 5.65. The topological polar surface area (TPSA) is 64.2 Å². The highest BCUT2D eigenvalue weighted by Gasteiger charge is 2.34. The summed E-state index contributed by atoms with van der Waals surface area (Å²) in [7, 11) is 0. The number of para-hydroxylation sites is 1. The highest BCUT2D eigenvalue weighted by molar-refractivity contribution is 5.95. The van der Waals surface area contributed by atoms with Gasteiger partial charge in [-0.05, 0) is 48.7 Å². The summed E-state index contributed by atoms with van der Waals surface area (Å²) in [6, 6.07) is 16.7. The van der Waals surface area contributed by atoms with Crippen LogP contribution in [0.5, 0.6) is 0 Å². The molecule has 6 nitrogen and oxygen atoms in total. The molecule has 0 aliphatic heterocycles. The van der Waals surface area contributed by atoms with E-state index in [1.54, 1.807) is 61.7 Å². The van der Waals surface area contributed by atoms with E-state index >= 15 is 0 Å². The average Bonchev–Trinajstić information content (AvgIpc) is 2.88. The second kappa shape index (κ2) is 8.82. The summed E-state index contributed by atoms with van der Waals surface area (Å²) in [5.74, 6) is 0. The van der Waals surface area contributed by atoms with Crippen LogP contribution in [-0.2, 0) is 6.18 Å². The average molecular weight is 485 g/mol. The van der Waals surface area contributed by atoms with Crippen molar-refractivity contribution in [3.63, 3.8) is 0 Å². The van der Waals surface area contributed by atoms with Crippen LogP contribution in [0.2, 0.25) is 0 Å². The van der Waals surface area contributed by atoms with Crippen molar-refractivity contribution in [2.24, 2.45) is 0 Å². The first-order valence-electron chi connectivity index (χ1n) is 11.0. The van der Waals surface area contributed by atoms with E-state index in [1.165, 1.54) is 22.9 Å². The van der Waals surface area contributed by atoms with Crippen molar-refractivity contribution in [1.82, 2.24) is 14.5 Å². The summed E-state index contributed by atoms with van der Waals surface area (Å²) in [6.07, 6.45) is -1.67. The number of fused-ring (bicyclic) bond motifs is 2. The Balaban J connectivity index is 1.76. The monoisotopic (exact) mass is 485 g/mol. The lowest BCUT2D eigenvalue weighted by Crippen LogP contribution is -2.27. The predicted octanol–water partition coefficient (Wildman–Crippen LogP) is 6.68. The standard InChI is InChI=1S/C27H18F3N5O/c1-16(34-25-21(31-2)15-33-20-12-7-13-32-24(20)25)22-14-17-8-6-11-19(27(28,29)30)23(17)26(36)35(22)18-9-4-3-5-10-18/h3-16H,1H3,(H,33,34)/t16-/m0/s1. The number of hydrogen-bond donors (Lipinski definition) is 1. The molecule has 36 heavy (non-hydrogen) atoms. The lowest BCUT2D eigenvalue weighted by Gasteiger charge is -2.23. The number of nitrogens with zero attached hydrogens (tertiary/aromatic N) is 4. The van der Waals surface area contributed by atoms with E-state index in [0.717, 1.165) is 6.07 Å². The molecule has 1 atom stereocenters. The maximum Gasteiger partial charge on any atom is 0.417 e. The van der Waals surface area contributed by atoms with Gasteiger partial charge in [0.2, 0.25) is 5.69 Å². The number of benzene rings is 2. The number of nitrogens with one attached hydrogen (secondary N) is 1. The number of pyridine rings is 3. The molecule has 0 aliphatic carbocycles. The smallest absolute Gasteiger partial charge is 0.384 e. The van der Waals surface area contributed by atoms with Crippen molar-refractivity contribution in [3.05, 3.63) is 112 Å². The van der Waals surface area contributed by atoms with Gasteiger partial charge in [-0.25, -0.2) is 4.85 Å². The molecule has 0 radical (unpaired) electrons. The van der Waals surface area contributed by atoms with Crippen molar-refractivity contribution in [3.8, 4) is 5.69 Å². The van der Waals surface area contributed by atoms with Crippen LogP contribution in [0.1, 0.15) is 24.2 Å². The lowest BCUT2D eigenvalue weighted by molar-refractivity contribution is -0.136. The Morgan fingerprint density at radius 2 is 1.81 bits per heavy atom. The Labute approximate surface area is 203 Å². The molecule has 0 saturated carbocycles. The summed E-state index contributed by atoms with van der Waals surface area (Å²) in [5, 5.41) is 3.04. The number of halogens is 3. The van der Waals surface area contributed by atoms with E-state index in [9.17, 15) is 18.0 Å². The fraction of sp³-hybridized carbons (Fsp3) is 0.111. The van der Waals surface area contributed by atoms with Gasteiger partial charge in [0, 0.05) is 23.8 Å². The van der Waals surface area contributed by atoms with Crippen molar-refractivity contribution in [2.45, 2.75) is 19.1 Å². The number of hydrogen-bond acceptors (Lipinski definition) is 4. The van der Waals surface area contributed by atoms with Crippen LogP contribution in [0.3, 0.4) is 0 Å². The molecule has 178 valence electrons. The highest BCUT2D eigenvalue weighted by Crippen LogP contribution is 2.36. The SMILES string of the molecule is [C-]#[N+]c1cnc2cccnc2c1N[C@@H](C)c1cc2cccc(C(F)(F)F)c2c(=O)n1-c1ccccc1. The van der Waals surface area contributed by atoms with Crippen molar-refractivity contribution in [1.29, 1.82) is 0 Å². The van der Waals surface area contributed by atoms with Crippen LogP contribution in [0.15, 0.2) is 83.9 Å². The Bertz CT molecular complexity index is 1710. The molecule has 0 unspecified atom stereocenters. The molecule has 0 bridgehead atoms. The van der Waals surface area contributed by atoms with E-state index < -0.39 is 28.7 Å². The second-order valence-electron chi connectivity index (χ2n) is 8.18. The van der Waals surface area contributed by atoms with Gasteiger partial charge in [0.25, 0.3) is 5.56 Å². The molecule has 0 spiro atoms.